The van der Waals surface area contributed by atoms with Gasteiger partial charge in [-0.3, -0.25) is 4.79 Å². The Bertz CT molecular complexity index is 735. The number of carbonyl (C=O) groups excluding carboxylic acids is 1. The lowest BCUT2D eigenvalue weighted by molar-refractivity contribution is 0.112. The molecule has 3 rings (SSSR count). The first kappa shape index (κ1) is 13.9. The van der Waals surface area contributed by atoms with Crippen molar-refractivity contribution in [3.8, 4) is 0 Å². The van der Waals surface area contributed by atoms with Crippen LogP contribution in [0.15, 0.2) is 78.9 Å². The molecule has 3 aromatic rings. The molecule has 0 saturated carbocycles. The number of hydrogen-bond donors (Lipinski definition) is 2. The van der Waals surface area contributed by atoms with Gasteiger partial charge in [0.15, 0.2) is 0 Å². The Kier molecular flexibility index (Phi) is 4.16. The molecule has 3 heteroatoms. The maximum atomic E-state index is 10.6. The van der Waals surface area contributed by atoms with E-state index in [9.17, 15) is 4.79 Å². The van der Waals surface area contributed by atoms with E-state index >= 15 is 0 Å². The molecule has 22 heavy (non-hydrogen) atoms. The SMILES string of the molecule is O=Cc1ccc(Nc2ccc(Nc3ccccc3)cc2)cc1. The Hall–Kier alpha value is -3.07. The lowest BCUT2D eigenvalue weighted by atomic mass is 10.2. The number of aldehydes is 1. The van der Waals surface area contributed by atoms with Crippen molar-refractivity contribution in [2.45, 2.75) is 0 Å². The van der Waals surface area contributed by atoms with E-state index in [-0.39, 0.29) is 0 Å². The van der Waals surface area contributed by atoms with Crippen LogP contribution in [-0.4, -0.2) is 6.29 Å². The molecule has 0 amide bonds. The van der Waals surface area contributed by atoms with Crippen molar-refractivity contribution < 1.29 is 4.79 Å². The van der Waals surface area contributed by atoms with Crippen LogP contribution in [0.2, 0.25) is 0 Å². The van der Waals surface area contributed by atoms with Crippen LogP contribution in [0.3, 0.4) is 0 Å². The molecule has 0 bridgehead atoms. The summed E-state index contributed by atoms with van der Waals surface area (Å²) in [5.41, 5.74) is 4.72. The molecule has 0 heterocycles. The summed E-state index contributed by atoms with van der Waals surface area (Å²) < 4.78 is 0. The average molecular weight is 288 g/mol. The second-order valence-electron chi connectivity index (χ2n) is 4.93. The summed E-state index contributed by atoms with van der Waals surface area (Å²) >= 11 is 0. The summed E-state index contributed by atoms with van der Waals surface area (Å²) in [6, 6.07) is 25.5. The van der Waals surface area contributed by atoms with Crippen molar-refractivity contribution in [1.82, 2.24) is 0 Å². The molecule has 2 N–H and O–H groups in total. The van der Waals surface area contributed by atoms with Crippen LogP contribution in [-0.2, 0) is 0 Å². The van der Waals surface area contributed by atoms with Crippen LogP contribution >= 0.6 is 0 Å². The lowest BCUT2D eigenvalue weighted by Gasteiger charge is -2.09. The highest BCUT2D eigenvalue weighted by Gasteiger charge is 1.97. The van der Waals surface area contributed by atoms with Gasteiger partial charge in [-0.15, -0.1) is 0 Å². The van der Waals surface area contributed by atoms with Crippen molar-refractivity contribution >= 4 is 29.0 Å². The van der Waals surface area contributed by atoms with Crippen molar-refractivity contribution in [1.29, 1.82) is 0 Å². The van der Waals surface area contributed by atoms with Crippen LogP contribution < -0.4 is 10.6 Å². The van der Waals surface area contributed by atoms with Gasteiger partial charge >= 0.3 is 0 Å². The number of rotatable bonds is 5. The zero-order chi connectivity index (χ0) is 15.2. The Morgan fingerprint density at radius 2 is 0.955 bits per heavy atom. The first-order chi connectivity index (χ1) is 10.8. The zero-order valence-corrected chi connectivity index (χ0v) is 12.0. The second kappa shape index (κ2) is 6.59. The minimum Gasteiger partial charge on any atom is -0.356 e. The Morgan fingerprint density at radius 3 is 1.41 bits per heavy atom. The molecule has 0 unspecified atom stereocenters. The van der Waals surface area contributed by atoms with E-state index in [2.05, 4.69) is 10.6 Å². The molecule has 108 valence electrons. The van der Waals surface area contributed by atoms with Gasteiger partial charge in [-0.1, -0.05) is 18.2 Å². The minimum absolute atomic E-state index is 0.674. The van der Waals surface area contributed by atoms with Crippen molar-refractivity contribution in [2.75, 3.05) is 10.6 Å². The van der Waals surface area contributed by atoms with Gasteiger partial charge in [0.25, 0.3) is 0 Å². The number of benzene rings is 3. The average Bonchev–Trinajstić information content (AvgIpc) is 2.58. The van der Waals surface area contributed by atoms with E-state index in [4.69, 9.17) is 0 Å². The predicted octanol–water partition coefficient (Wildman–Crippen LogP) is 4.99. The molecule has 0 aromatic heterocycles. The maximum absolute atomic E-state index is 10.6. The summed E-state index contributed by atoms with van der Waals surface area (Å²) in [5.74, 6) is 0. The molecule has 0 aliphatic rings. The minimum atomic E-state index is 0.674. The highest BCUT2D eigenvalue weighted by molar-refractivity contribution is 5.76. The Labute approximate surface area is 129 Å². The number of nitrogens with one attached hydrogen (secondary N) is 2. The van der Waals surface area contributed by atoms with E-state index in [0.717, 1.165) is 29.0 Å². The quantitative estimate of drug-likeness (QED) is 0.650. The van der Waals surface area contributed by atoms with E-state index in [1.807, 2.05) is 66.7 Å². The lowest BCUT2D eigenvalue weighted by Crippen LogP contribution is -1.92. The fourth-order valence-electron chi connectivity index (χ4n) is 2.14. The number of carbonyl (C=O) groups is 1. The van der Waals surface area contributed by atoms with Gasteiger partial charge in [-0.25, -0.2) is 0 Å². The second-order valence-corrected chi connectivity index (χ2v) is 4.93. The van der Waals surface area contributed by atoms with Crippen LogP contribution in [0.5, 0.6) is 0 Å². The van der Waals surface area contributed by atoms with Crippen molar-refractivity contribution in [2.24, 2.45) is 0 Å². The molecule has 3 nitrogen and oxygen atoms in total. The molecule has 0 aliphatic carbocycles. The predicted molar refractivity (Wildman–Crippen MR) is 91.3 cm³/mol. The first-order valence-electron chi connectivity index (χ1n) is 7.08. The number of para-hydroxylation sites is 1. The van der Waals surface area contributed by atoms with Crippen molar-refractivity contribution in [3.05, 3.63) is 84.4 Å². The molecule has 0 aliphatic heterocycles. The smallest absolute Gasteiger partial charge is 0.150 e. The standard InChI is InChI=1S/C19H16N2O/c22-14-15-6-8-17(9-7-15)21-19-12-10-18(11-13-19)20-16-4-2-1-3-5-16/h1-14,20-21H. The van der Waals surface area contributed by atoms with Gasteiger partial charge in [0.1, 0.15) is 6.29 Å². The van der Waals surface area contributed by atoms with E-state index in [0.29, 0.717) is 5.56 Å². The van der Waals surface area contributed by atoms with Gasteiger partial charge < -0.3 is 10.6 Å². The first-order valence-corrected chi connectivity index (χ1v) is 7.08. The molecule has 0 fully saturated rings. The van der Waals surface area contributed by atoms with Crippen LogP contribution in [0, 0.1) is 0 Å². The summed E-state index contributed by atoms with van der Waals surface area (Å²) in [6.45, 7) is 0. The summed E-state index contributed by atoms with van der Waals surface area (Å²) in [5, 5.41) is 6.65. The van der Waals surface area contributed by atoms with Crippen LogP contribution in [0.1, 0.15) is 10.4 Å². The molecular weight excluding hydrogens is 272 g/mol. The number of anilines is 4. The monoisotopic (exact) mass is 288 g/mol. The van der Waals surface area contributed by atoms with E-state index < -0.39 is 0 Å². The molecule has 3 aromatic carbocycles. The van der Waals surface area contributed by atoms with E-state index in [1.165, 1.54) is 0 Å². The third-order valence-corrected chi connectivity index (χ3v) is 3.28. The van der Waals surface area contributed by atoms with Gasteiger partial charge in [0.2, 0.25) is 0 Å². The van der Waals surface area contributed by atoms with Gasteiger partial charge in [-0.2, -0.15) is 0 Å². The van der Waals surface area contributed by atoms with Crippen molar-refractivity contribution in [3.63, 3.8) is 0 Å². The van der Waals surface area contributed by atoms with Gasteiger partial charge in [-0.05, 0) is 60.7 Å². The largest absolute Gasteiger partial charge is 0.356 e. The van der Waals surface area contributed by atoms with Crippen LogP contribution in [0.25, 0.3) is 0 Å². The summed E-state index contributed by atoms with van der Waals surface area (Å²) in [6.07, 6.45) is 0.841. The zero-order valence-electron chi connectivity index (χ0n) is 12.0. The van der Waals surface area contributed by atoms with E-state index in [1.54, 1.807) is 12.1 Å². The Balaban J connectivity index is 1.67. The van der Waals surface area contributed by atoms with Gasteiger partial charge in [0.05, 0.1) is 0 Å². The fraction of sp³-hybridized carbons (Fsp3) is 0. The molecule has 0 atom stereocenters. The third kappa shape index (κ3) is 3.52. The highest BCUT2D eigenvalue weighted by Crippen LogP contribution is 2.21. The van der Waals surface area contributed by atoms with Gasteiger partial charge in [0, 0.05) is 28.3 Å². The molecule has 0 radical (unpaired) electrons. The molecule has 0 saturated heterocycles. The highest BCUT2D eigenvalue weighted by atomic mass is 16.1. The normalized spacial score (nSPS) is 10.0. The topological polar surface area (TPSA) is 41.1 Å². The number of hydrogen-bond acceptors (Lipinski definition) is 3. The molecule has 0 spiro atoms. The molecular formula is C19H16N2O. The van der Waals surface area contributed by atoms with Crippen LogP contribution in [0.4, 0.5) is 22.7 Å². The fourth-order valence-corrected chi connectivity index (χ4v) is 2.14. The summed E-state index contributed by atoms with van der Waals surface area (Å²) in [7, 11) is 0. The Morgan fingerprint density at radius 1 is 0.545 bits per heavy atom. The third-order valence-electron chi connectivity index (χ3n) is 3.28. The maximum Gasteiger partial charge on any atom is 0.150 e. The summed E-state index contributed by atoms with van der Waals surface area (Å²) in [4.78, 5) is 10.6.